The molecule has 1 amide bonds. The third-order valence-corrected chi connectivity index (χ3v) is 4.81. The van der Waals surface area contributed by atoms with Crippen LogP contribution in [0, 0.1) is 0 Å². The number of morpholine rings is 1. The summed E-state index contributed by atoms with van der Waals surface area (Å²) < 4.78 is 5.42. The number of aryl methyl sites for hydroxylation is 1. The van der Waals surface area contributed by atoms with Gasteiger partial charge in [-0.3, -0.25) is 4.79 Å². The highest BCUT2D eigenvalue weighted by Crippen LogP contribution is 2.26. The Hall–Kier alpha value is -2.99. The Morgan fingerprint density at radius 1 is 1.11 bits per heavy atom. The van der Waals surface area contributed by atoms with E-state index in [0.29, 0.717) is 18.8 Å². The van der Waals surface area contributed by atoms with Gasteiger partial charge in [0, 0.05) is 29.7 Å². The Labute approximate surface area is 158 Å². The van der Waals surface area contributed by atoms with E-state index in [2.05, 4.69) is 27.1 Å². The van der Waals surface area contributed by atoms with Crippen molar-refractivity contribution in [1.82, 2.24) is 9.97 Å². The van der Waals surface area contributed by atoms with E-state index in [1.807, 2.05) is 42.5 Å². The Morgan fingerprint density at radius 2 is 1.89 bits per heavy atom. The number of anilines is 2. The largest absolute Gasteiger partial charge is 0.378 e. The first-order valence-electron chi connectivity index (χ1n) is 9.22. The van der Waals surface area contributed by atoms with Crippen LogP contribution in [0.5, 0.6) is 0 Å². The molecule has 2 aromatic carbocycles. The number of hydrogen-bond donors (Lipinski definition) is 1. The first-order chi connectivity index (χ1) is 13.2. The molecule has 4 rings (SSSR count). The molecule has 1 saturated heterocycles. The highest BCUT2D eigenvalue weighted by molar-refractivity contribution is 6.05. The molecule has 2 heterocycles. The van der Waals surface area contributed by atoms with Crippen LogP contribution in [-0.4, -0.2) is 42.2 Å². The minimum atomic E-state index is -0.125. The standard InChI is InChI=1S/C21H22N4O2/c1-2-15-3-5-16(6-4-15)21(26)24-17-7-8-18-19(13-17)22-14-23-20(18)25-9-11-27-12-10-25/h3-8,13-14H,2,9-12H2,1H3,(H,24,26). The van der Waals surface area contributed by atoms with Crippen molar-refractivity contribution in [2.24, 2.45) is 0 Å². The van der Waals surface area contributed by atoms with Crippen molar-refractivity contribution >= 4 is 28.3 Å². The van der Waals surface area contributed by atoms with E-state index in [-0.39, 0.29) is 5.91 Å². The lowest BCUT2D eigenvalue weighted by Crippen LogP contribution is -2.36. The molecule has 1 aliphatic heterocycles. The molecule has 0 atom stereocenters. The van der Waals surface area contributed by atoms with Gasteiger partial charge in [0.1, 0.15) is 12.1 Å². The van der Waals surface area contributed by atoms with E-state index in [1.165, 1.54) is 5.56 Å². The predicted molar refractivity (Wildman–Crippen MR) is 106 cm³/mol. The van der Waals surface area contributed by atoms with Crippen LogP contribution in [0.1, 0.15) is 22.8 Å². The van der Waals surface area contributed by atoms with Crippen LogP contribution in [0.4, 0.5) is 11.5 Å². The molecular weight excluding hydrogens is 340 g/mol. The number of amides is 1. The van der Waals surface area contributed by atoms with Gasteiger partial charge in [-0.1, -0.05) is 19.1 Å². The van der Waals surface area contributed by atoms with Crippen LogP contribution in [0.25, 0.3) is 10.9 Å². The van der Waals surface area contributed by atoms with Gasteiger partial charge in [-0.05, 0) is 42.3 Å². The monoisotopic (exact) mass is 362 g/mol. The Bertz CT molecular complexity index is 950. The molecule has 1 aliphatic rings. The molecule has 6 heteroatoms. The Balaban J connectivity index is 1.57. The molecule has 6 nitrogen and oxygen atoms in total. The average Bonchev–Trinajstić information content (AvgIpc) is 2.74. The third-order valence-electron chi connectivity index (χ3n) is 4.81. The van der Waals surface area contributed by atoms with E-state index in [0.717, 1.165) is 41.9 Å². The van der Waals surface area contributed by atoms with Crippen LogP contribution in [0.3, 0.4) is 0 Å². The van der Waals surface area contributed by atoms with Crippen LogP contribution < -0.4 is 10.2 Å². The van der Waals surface area contributed by atoms with Gasteiger partial charge >= 0.3 is 0 Å². The van der Waals surface area contributed by atoms with Crippen LogP contribution in [0.15, 0.2) is 48.8 Å². The first kappa shape index (κ1) is 17.4. The number of ether oxygens (including phenoxy) is 1. The molecule has 138 valence electrons. The van der Waals surface area contributed by atoms with E-state index in [4.69, 9.17) is 4.74 Å². The summed E-state index contributed by atoms with van der Waals surface area (Å²) in [6.07, 6.45) is 2.53. The number of aromatic nitrogens is 2. The van der Waals surface area contributed by atoms with E-state index in [9.17, 15) is 4.79 Å². The van der Waals surface area contributed by atoms with Gasteiger partial charge in [0.05, 0.1) is 18.7 Å². The number of benzene rings is 2. The lowest BCUT2D eigenvalue weighted by molar-refractivity contribution is 0.102. The maximum absolute atomic E-state index is 12.5. The van der Waals surface area contributed by atoms with Crippen molar-refractivity contribution in [2.45, 2.75) is 13.3 Å². The molecule has 0 bridgehead atoms. The fourth-order valence-corrected chi connectivity index (χ4v) is 3.24. The zero-order chi connectivity index (χ0) is 18.6. The van der Waals surface area contributed by atoms with Crippen LogP contribution in [-0.2, 0) is 11.2 Å². The van der Waals surface area contributed by atoms with Crippen LogP contribution in [0.2, 0.25) is 0 Å². The quantitative estimate of drug-likeness (QED) is 0.771. The number of fused-ring (bicyclic) bond motifs is 1. The molecule has 3 aromatic rings. The summed E-state index contributed by atoms with van der Waals surface area (Å²) in [7, 11) is 0. The highest BCUT2D eigenvalue weighted by Gasteiger charge is 2.16. The van der Waals surface area contributed by atoms with Crippen molar-refractivity contribution in [2.75, 3.05) is 36.5 Å². The zero-order valence-electron chi connectivity index (χ0n) is 15.3. The van der Waals surface area contributed by atoms with Gasteiger partial charge in [-0.25, -0.2) is 9.97 Å². The minimum Gasteiger partial charge on any atom is -0.378 e. The Kier molecular flexibility index (Phi) is 4.98. The number of carbonyl (C=O) groups is 1. The van der Waals surface area contributed by atoms with Crippen molar-refractivity contribution in [3.63, 3.8) is 0 Å². The minimum absolute atomic E-state index is 0.125. The molecule has 0 spiro atoms. The summed E-state index contributed by atoms with van der Waals surface area (Å²) in [6, 6.07) is 13.4. The molecule has 27 heavy (non-hydrogen) atoms. The SMILES string of the molecule is CCc1ccc(C(=O)Nc2ccc3c(N4CCOCC4)ncnc3c2)cc1. The van der Waals surface area contributed by atoms with E-state index in [1.54, 1.807) is 6.33 Å². The third kappa shape index (κ3) is 3.75. The maximum atomic E-state index is 12.5. The molecule has 0 saturated carbocycles. The molecular formula is C21H22N4O2. The smallest absolute Gasteiger partial charge is 0.255 e. The predicted octanol–water partition coefficient (Wildman–Crippen LogP) is 3.28. The number of nitrogens with zero attached hydrogens (tertiary/aromatic N) is 3. The molecule has 0 radical (unpaired) electrons. The van der Waals surface area contributed by atoms with Crippen molar-refractivity contribution in [3.05, 3.63) is 59.9 Å². The second-order valence-corrected chi connectivity index (χ2v) is 6.53. The second-order valence-electron chi connectivity index (χ2n) is 6.53. The summed E-state index contributed by atoms with van der Waals surface area (Å²) in [5.74, 6) is 0.788. The van der Waals surface area contributed by atoms with E-state index < -0.39 is 0 Å². The van der Waals surface area contributed by atoms with E-state index >= 15 is 0 Å². The summed E-state index contributed by atoms with van der Waals surface area (Å²) >= 11 is 0. The van der Waals surface area contributed by atoms with Gasteiger partial charge in [0.15, 0.2) is 0 Å². The maximum Gasteiger partial charge on any atom is 0.255 e. The number of carbonyl (C=O) groups excluding carboxylic acids is 1. The molecule has 1 aromatic heterocycles. The molecule has 0 aliphatic carbocycles. The number of hydrogen-bond acceptors (Lipinski definition) is 5. The summed E-state index contributed by atoms with van der Waals surface area (Å²) in [6.45, 7) is 5.14. The topological polar surface area (TPSA) is 67.4 Å². The lowest BCUT2D eigenvalue weighted by Gasteiger charge is -2.28. The molecule has 1 N–H and O–H groups in total. The fourth-order valence-electron chi connectivity index (χ4n) is 3.24. The zero-order valence-corrected chi connectivity index (χ0v) is 15.3. The average molecular weight is 362 g/mol. The summed E-state index contributed by atoms with van der Waals surface area (Å²) in [5, 5.41) is 3.93. The summed E-state index contributed by atoms with van der Waals surface area (Å²) in [5.41, 5.74) is 3.39. The fraction of sp³-hybridized carbons (Fsp3) is 0.286. The van der Waals surface area contributed by atoms with Gasteiger partial charge in [0.2, 0.25) is 0 Å². The van der Waals surface area contributed by atoms with Gasteiger partial charge in [-0.15, -0.1) is 0 Å². The van der Waals surface area contributed by atoms with Crippen molar-refractivity contribution in [3.8, 4) is 0 Å². The van der Waals surface area contributed by atoms with Gasteiger partial charge in [-0.2, -0.15) is 0 Å². The first-order valence-corrected chi connectivity index (χ1v) is 9.22. The van der Waals surface area contributed by atoms with Crippen molar-refractivity contribution < 1.29 is 9.53 Å². The Morgan fingerprint density at radius 3 is 2.63 bits per heavy atom. The summed E-state index contributed by atoms with van der Waals surface area (Å²) in [4.78, 5) is 23.5. The second kappa shape index (κ2) is 7.72. The van der Waals surface area contributed by atoms with Gasteiger partial charge < -0.3 is 15.0 Å². The normalized spacial score (nSPS) is 14.3. The van der Waals surface area contributed by atoms with Crippen LogP contribution >= 0.6 is 0 Å². The van der Waals surface area contributed by atoms with Gasteiger partial charge in [0.25, 0.3) is 5.91 Å². The molecule has 1 fully saturated rings. The lowest BCUT2D eigenvalue weighted by atomic mass is 10.1. The van der Waals surface area contributed by atoms with Crippen molar-refractivity contribution in [1.29, 1.82) is 0 Å². The number of nitrogens with one attached hydrogen (secondary N) is 1. The highest BCUT2D eigenvalue weighted by atomic mass is 16.5. The number of rotatable bonds is 4. The molecule has 0 unspecified atom stereocenters.